The van der Waals surface area contributed by atoms with Crippen LogP contribution in [-0.2, 0) is 10.0 Å². The lowest BCUT2D eigenvalue weighted by Crippen LogP contribution is -2.34. The molecule has 0 amide bonds. The van der Waals surface area contributed by atoms with Gasteiger partial charge in [-0.05, 0) is 37.0 Å². The minimum Gasteiger partial charge on any atom is -0.320 e. The van der Waals surface area contributed by atoms with Crippen molar-refractivity contribution in [1.82, 2.24) is 4.31 Å². The van der Waals surface area contributed by atoms with Crippen molar-refractivity contribution in [3.8, 4) is 11.8 Å². The van der Waals surface area contributed by atoms with Crippen LogP contribution >= 0.6 is 11.6 Å². The van der Waals surface area contributed by atoms with Crippen LogP contribution in [0.4, 0.5) is 0 Å². The van der Waals surface area contributed by atoms with Crippen LogP contribution in [0.3, 0.4) is 0 Å². The van der Waals surface area contributed by atoms with E-state index in [9.17, 15) is 8.42 Å². The minimum absolute atomic E-state index is 0.129. The maximum Gasteiger partial charge on any atom is 0.244 e. The van der Waals surface area contributed by atoms with Crippen molar-refractivity contribution in [1.29, 1.82) is 0 Å². The number of nitrogens with zero attached hydrogens (tertiary/aromatic N) is 1. The molecule has 0 spiro atoms. The number of hydrogen-bond donors (Lipinski definition) is 1. The van der Waals surface area contributed by atoms with Crippen LogP contribution < -0.4 is 5.73 Å². The number of sulfonamides is 1. The Balaban J connectivity index is 2.22. The molecule has 0 aromatic heterocycles. The fourth-order valence-corrected chi connectivity index (χ4v) is 4.01. The molecule has 0 saturated heterocycles. The zero-order chi connectivity index (χ0) is 15.5. The number of halogens is 1. The van der Waals surface area contributed by atoms with E-state index < -0.39 is 10.0 Å². The zero-order valence-corrected chi connectivity index (χ0v) is 13.5. The molecule has 2 N–H and O–H groups in total. The van der Waals surface area contributed by atoms with Gasteiger partial charge in [0.05, 0.1) is 11.6 Å². The zero-order valence-electron chi connectivity index (χ0n) is 12.0. The molecule has 1 aliphatic rings. The van der Waals surface area contributed by atoms with Gasteiger partial charge in [0.25, 0.3) is 0 Å². The Morgan fingerprint density at radius 2 is 2.14 bits per heavy atom. The van der Waals surface area contributed by atoms with Crippen LogP contribution in [0.15, 0.2) is 23.1 Å². The van der Waals surface area contributed by atoms with Gasteiger partial charge in [-0.2, -0.15) is 0 Å². The Hall–Kier alpha value is -1.06. The smallest absolute Gasteiger partial charge is 0.244 e. The first-order valence-corrected chi connectivity index (χ1v) is 8.72. The molecule has 6 heteroatoms. The van der Waals surface area contributed by atoms with Gasteiger partial charge in [-0.15, -0.1) is 0 Å². The van der Waals surface area contributed by atoms with E-state index in [1.54, 1.807) is 19.2 Å². The fourth-order valence-electron chi connectivity index (χ4n) is 2.25. The minimum atomic E-state index is -3.55. The van der Waals surface area contributed by atoms with Crippen LogP contribution in [0.1, 0.15) is 24.8 Å². The molecule has 0 heterocycles. The van der Waals surface area contributed by atoms with Crippen molar-refractivity contribution in [3.05, 3.63) is 28.8 Å². The Morgan fingerprint density at radius 3 is 2.67 bits per heavy atom. The molecule has 0 atom stereocenters. The highest BCUT2D eigenvalue weighted by atomic mass is 35.5. The van der Waals surface area contributed by atoms with E-state index in [1.165, 1.54) is 16.8 Å². The van der Waals surface area contributed by atoms with Gasteiger partial charge in [0.2, 0.25) is 10.0 Å². The van der Waals surface area contributed by atoms with E-state index in [2.05, 4.69) is 11.8 Å². The summed E-state index contributed by atoms with van der Waals surface area (Å²) in [5.74, 6) is 6.02. The summed E-state index contributed by atoms with van der Waals surface area (Å²) < 4.78 is 26.5. The molecule has 21 heavy (non-hydrogen) atoms. The van der Waals surface area contributed by atoms with E-state index >= 15 is 0 Å². The summed E-state index contributed by atoms with van der Waals surface area (Å²) in [5.41, 5.74) is 5.97. The Morgan fingerprint density at radius 1 is 1.43 bits per heavy atom. The van der Waals surface area contributed by atoms with Crippen LogP contribution in [0.5, 0.6) is 0 Å². The summed E-state index contributed by atoms with van der Waals surface area (Å²) in [4.78, 5) is 0.129. The predicted molar refractivity (Wildman–Crippen MR) is 84.5 cm³/mol. The van der Waals surface area contributed by atoms with Gasteiger partial charge < -0.3 is 5.73 Å². The topological polar surface area (TPSA) is 63.4 Å². The van der Waals surface area contributed by atoms with Crippen LogP contribution in [0.2, 0.25) is 5.02 Å². The lowest BCUT2D eigenvalue weighted by molar-refractivity contribution is 0.263. The normalized spacial score (nSPS) is 15.4. The van der Waals surface area contributed by atoms with Gasteiger partial charge in [0.15, 0.2) is 0 Å². The number of rotatable bonds is 4. The molecule has 1 fully saturated rings. The molecule has 1 aromatic carbocycles. The Labute approximate surface area is 131 Å². The third-order valence-corrected chi connectivity index (χ3v) is 6.00. The molecule has 2 rings (SSSR count). The fraction of sp³-hybridized carbons (Fsp3) is 0.467. The number of nitrogens with two attached hydrogens (primary N) is 1. The van der Waals surface area contributed by atoms with Gasteiger partial charge in [-0.3, -0.25) is 0 Å². The molecule has 4 nitrogen and oxygen atoms in total. The van der Waals surface area contributed by atoms with Crippen molar-refractivity contribution >= 4 is 21.6 Å². The van der Waals surface area contributed by atoms with Gasteiger partial charge in [-0.1, -0.05) is 29.9 Å². The Kier molecular flexibility index (Phi) is 5.28. The summed E-state index contributed by atoms with van der Waals surface area (Å²) in [6.07, 6.45) is 3.39. The van der Waals surface area contributed by atoms with Gasteiger partial charge in [-0.25, -0.2) is 12.7 Å². The molecule has 0 radical (unpaired) electrons. The third-order valence-electron chi connectivity index (χ3n) is 3.69. The molecule has 114 valence electrons. The van der Waals surface area contributed by atoms with E-state index in [0.29, 0.717) is 18.0 Å². The van der Waals surface area contributed by atoms with E-state index in [0.717, 1.165) is 12.8 Å². The highest BCUT2D eigenvalue weighted by molar-refractivity contribution is 7.89. The average molecular weight is 327 g/mol. The van der Waals surface area contributed by atoms with E-state index in [-0.39, 0.29) is 16.5 Å². The van der Waals surface area contributed by atoms with Crippen molar-refractivity contribution in [3.63, 3.8) is 0 Å². The standard InChI is InChI=1S/C15H19ClN2O2S/c1-18(11-13-4-2-5-13)21(19,20)15-8-7-12(6-3-9-17)10-14(15)16/h7-8,10,13H,2,4-5,9,11,17H2,1H3. The highest BCUT2D eigenvalue weighted by Crippen LogP contribution is 2.30. The van der Waals surface area contributed by atoms with Gasteiger partial charge in [0.1, 0.15) is 4.90 Å². The Bertz CT molecular complexity index is 673. The van der Waals surface area contributed by atoms with E-state index in [4.69, 9.17) is 17.3 Å². The number of hydrogen-bond acceptors (Lipinski definition) is 3. The maximum absolute atomic E-state index is 12.5. The number of benzene rings is 1. The van der Waals surface area contributed by atoms with Crippen LogP contribution in [-0.4, -0.2) is 32.9 Å². The molecule has 1 aliphatic carbocycles. The molecule has 0 unspecified atom stereocenters. The SMILES string of the molecule is CN(CC1CCC1)S(=O)(=O)c1ccc(C#CCN)cc1Cl. The third kappa shape index (κ3) is 3.78. The van der Waals surface area contributed by atoms with Crippen LogP contribution in [0, 0.1) is 17.8 Å². The second-order valence-electron chi connectivity index (χ2n) is 5.23. The molecule has 0 aliphatic heterocycles. The molecule has 1 aromatic rings. The van der Waals surface area contributed by atoms with Crippen molar-refractivity contribution in [2.75, 3.05) is 20.1 Å². The van der Waals surface area contributed by atoms with E-state index in [1.807, 2.05) is 0 Å². The van der Waals surface area contributed by atoms with Crippen molar-refractivity contribution in [2.45, 2.75) is 24.2 Å². The lowest BCUT2D eigenvalue weighted by Gasteiger charge is -2.29. The summed E-state index contributed by atoms with van der Waals surface area (Å²) in [5, 5.41) is 0.194. The molecular formula is C15H19ClN2O2S. The summed E-state index contributed by atoms with van der Waals surface area (Å²) in [6.45, 7) is 0.801. The maximum atomic E-state index is 12.5. The second-order valence-corrected chi connectivity index (χ2v) is 7.65. The highest BCUT2D eigenvalue weighted by Gasteiger charge is 2.28. The summed E-state index contributed by atoms with van der Waals surface area (Å²) in [6, 6.07) is 4.72. The van der Waals surface area contributed by atoms with Crippen molar-refractivity contribution < 1.29 is 8.42 Å². The first-order chi connectivity index (χ1) is 9.95. The first kappa shape index (κ1) is 16.3. The van der Waals surface area contributed by atoms with Crippen molar-refractivity contribution in [2.24, 2.45) is 11.7 Å². The van der Waals surface area contributed by atoms with Gasteiger partial charge in [0, 0.05) is 19.2 Å². The molecule has 1 saturated carbocycles. The average Bonchev–Trinajstić information content (AvgIpc) is 2.39. The predicted octanol–water partition coefficient (Wildman–Crippen LogP) is 2.07. The largest absolute Gasteiger partial charge is 0.320 e. The summed E-state index contributed by atoms with van der Waals surface area (Å²) in [7, 11) is -1.95. The van der Waals surface area contributed by atoms with Gasteiger partial charge >= 0.3 is 0 Å². The first-order valence-electron chi connectivity index (χ1n) is 6.90. The second kappa shape index (κ2) is 6.80. The quantitative estimate of drug-likeness (QED) is 0.862. The van der Waals surface area contributed by atoms with Crippen LogP contribution in [0.25, 0.3) is 0 Å². The summed E-state index contributed by atoms with van der Waals surface area (Å²) >= 11 is 6.12. The molecular weight excluding hydrogens is 308 g/mol. The monoisotopic (exact) mass is 326 g/mol. The molecule has 0 bridgehead atoms. The lowest BCUT2D eigenvalue weighted by atomic mass is 9.86.